The molecule has 3 aromatic rings. The normalized spacial score (nSPS) is 11.0. The van der Waals surface area contributed by atoms with Gasteiger partial charge in [0.2, 0.25) is 0 Å². The number of nitrogens with zero attached hydrogens (tertiary/aromatic N) is 3. The molecule has 0 N–H and O–H groups in total. The molecule has 0 atom stereocenters. The van der Waals surface area contributed by atoms with E-state index in [2.05, 4.69) is 16.9 Å². The van der Waals surface area contributed by atoms with E-state index < -0.39 is 0 Å². The Balaban J connectivity index is 2.29. The lowest BCUT2D eigenvalue weighted by molar-refractivity contribution is 0.791. The van der Waals surface area contributed by atoms with E-state index in [0.717, 1.165) is 23.4 Å². The van der Waals surface area contributed by atoms with Gasteiger partial charge in [-0.1, -0.05) is 36.9 Å². The molecular weight excluding hydrogens is 294 g/mol. The summed E-state index contributed by atoms with van der Waals surface area (Å²) < 4.78 is 1.62. The van der Waals surface area contributed by atoms with Crippen LogP contribution in [0.25, 0.3) is 16.7 Å². The quantitative estimate of drug-likeness (QED) is 0.546. The number of aromatic nitrogens is 3. The van der Waals surface area contributed by atoms with Gasteiger partial charge in [-0.25, -0.2) is 14.5 Å². The fourth-order valence-corrected chi connectivity index (χ4v) is 3.11. The maximum Gasteiger partial charge on any atom is 0.267 e. The van der Waals surface area contributed by atoms with Crippen LogP contribution >= 0.6 is 11.8 Å². The Morgan fingerprint density at radius 2 is 1.91 bits per heavy atom. The number of fused-ring (bicyclic) bond motifs is 1. The first-order valence-corrected chi connectivity index (χ1v) is 8.28. The molecule has 0 unspecified atom stereocenters. The first-order chi connectivity index (χ1) is 10.7. The summed E-state index contributed by atoms with van der Waals surface area (Å²) in [6.45, 7) is 4.03. The molecule has 0 radical (unpaired) electrons. The smallest absolute Gasteiger partial charge is 0.267 e. The maximum absolute atomic E-state index is 12.9. The first-order valence-electron chi connectivity index (χ1n) is 7.29. The highest BCUT2D eigenvalue weighted by Gasteiger charge is 2.13. The Morgan fingerprint density at radius 1 is 1.09 bits per heavy atom. The van der Waals surface area contributed by atoms with E-state index in [1.165, 1.54) is 0 Å². The third-order valence-corrected chi connectivity index (χ3v) is 4.43. The van der Waals surface area contributed by atoms with Crippen molar-refractivity contribution in [3.05, 3.63) is 58.5 Å². The molecule has 4 nitrogen and oxygen atoms in total. The van der Waals surface area contributed by atoms with Crippen molar-refractivity contribution in [2.45, 2.75) is 25.4 Å². The predicted molar refractivity (Wildman–Crippen MR) is 90.9 cm³/mol. The summed E-state index contributed by atoms with van der Waals surface area (Å²) in [7, 11) is 0. The lowest BCUT2D eigenvalue weighted by atomic mass is 10.2. The molecule has 0 spiro atoms. The van der Waals surface area contributed by atoms with Crippen molar-refractivity contribution in [3.8, 4) is 5.82 Å². The minimum Gasteiger partial charge on any atom is -0.268 e. The van der Waals surface area contributed by atoms with Crippen molar-refractivity contribution in [2.75, 3.05) is 5.75 Å². The highest BCUT2D eigenvalue weighted by atomic mass is 32.2. The van der Waals surface area contributed by atoms with Crippen molar-refractivity contribution in [2.24, 2.45) is 0 Å². The first kappa shape index (κ1) is 14.8. The average Bonchev–Trinajstić information content (AvgIpc) is 2.53. The summed E-state index contributed by atoms with van der Waals surface area (Å²) in [4.78, 5) is 22.0. The molecule has 2 heterocycles. The van der Waals surface area contributed by atoms with Crippen LogP contribution < -0.4 is 5.56 Å². The van der Waals surface area contributed by atoms with Crippen LogP contribution in [0.15, 0.2) is 52.4 Å². The number of hydrogen-bond acceptors (Lipinski definition) is 4. The van der Waals surface area contributed by atoms with E-state index in [9.17, 15) is 4.79 Å². The molecule has 0 amide bonds. The van der Waals surface area contributed by atoms with Gasteiger partial charge in [-0.2, -0.15) is 0 Å². The van der Waals surface area contributed by atoms with E-state index in [0.29, 0.717) is 16.4 Å². The molecule has 112 valence electrons. The summed E-state index contributed by atoms with van der Waals surface area (Å²) in [5.41, 5.74) is 1.54. The highest BCUT2D eigenvalue weighted by molar-refractivity contribution is 7.99. The van der Waals surface area contributed by atoms with E-state index in [1.807, 2.05) is 49.4 Å². The van der Waals surface area contributed by atoms with Crippen molar-refractivity contribution in [1.29, 1.82) is 0 Å². The van der Waals surface area contributed by atoms with E-state index in [1.54, 1.807) is 16.3 Å². The number of aryl methyl sites for hydroxylation is 1. The second kappa shape index (κ2) is 6.32. The zero-order valence-corrected chi connectivity index (χ0v) is 13.4. The van der Waals surface area contributed by atoms with Crippen molar-refractivity contribution in [1.82, 2.24) is 14.5 Å². The van der Waals surface area contributed by atoms with Gasteiger partial charge in [-0.05, 0) is 37.6 Å². The van der Waals surface area contributed by atoms with Crippen LogP contribution in [0, 0.1) is 6.92 Å². The van der Waals surface area contributed by atoms with Gasteiger partial charge in [0.25, 0.3) is 5.56 Å². The Bertz CT molecular complexity index is 873. The van der Waals surface area contributed by atoms with Crippen LogP contribution in [0.2, 0.25) is 0 Å². The number of para-hydroxylation sites is 1. The SMILES string of the molecule is CCCSc1nc2ccccc2c(=O)n1-c1cccc(C)n1. The number of thioether (sulfide) groups is 1. The number of benzene rings is 1. The topological polar surface area (TPSA) is 47.8 Å². The van der Waals surface area contributed by atoms with Crippen LogP contribution in [0.3, 0.4) is 0 Å². The third-order valence-electron chi connectivity index (χ3n) is 3.28. The minimum absolute atomic E-state index is 0.0673. The Hall–Kier alpha value is -2.14. The zero-order valence-electron chi connectivity index (χ0n) is 12.6. The maximum atomic E-state index is 12.9. The second-order valence-electron chi connectivity index (χ2n) is 5.04. The predicted octanol–water partition coefficient (Wildman–Crippen LogP) is 3.59. The summed E-state index contributed by atoms with van der Waals surface area (Å²) >= 11 is 1.59. The van der Waals surface area contributed by atoms with E-state index in [4.69, 9.17) is 0 Å². The molecule has 2 aromatic heterocycles. The lowest BCUT2D eigenvalue weighted by Gasteiger charge is -2.12. The van der Waals surface area contributed by atoms with E-state index in [-0.39, 0.29) is 5.56 Å². The Labute approximate surface area is 133 Å². The van der Waals surface area contributed by atoms with E-state index >= 15 is 0 Å². The van der Waals surface area contributed by atoms with Crippen LogP contribution in [0.1, 0.15) is 19.0 Å². The van der Waals surface area contributed by atoms with Gasteiger partial charge in [-0.3, -0.25) is 4.79 Å². The fourth-order valence-electron chi connectivity index (χ4n) is 2.26. The molecule has 22 heavy (non-hydrogen) atoms. The van der Waals surface area contributed by atoms with Gasteiger partial charge in [0.15, 0.2) is 5.16 Å². The third kappa shape index (κ3) is 2.76. The summed E-state index contributed by atoms with van der Waals surface area (Å²) in [6.07, 6.45) is 1.02. The molecule has 0 aliphatic carbocycles. The van der Waals surface area contributed by atoms with Gasteiger partial charge >= 0.3 is 0 Å². The van der Waals surface area contributed by atoms with Gasteiger partial charge in [-0.15, -0.1) is 0 Å². The standard InChI is InChI=1S/C17H17N3OS/c1-3-11-22-17-19-14-9-5-4-8-13(14)16(21)20(17)15-10-6-7-12(2)18-15/h4-10H,3,11H2,1-2H3. The highest BCUT2D eigenvalue weighted by Crippen LogP contribution is 2.21. The summed E-state index contributed by atoms with van der Waals surface area (Å²) in [5, 5.41) is 1.32. The Morgan fingerprint density at radius 3 is 2.68 bits per heavy atom. The van der Waals surface area contributed by atoms with Gasteiger partial charge in [0.1, 0.15) is 5.82 Å². The summed E-state index contributed by atoms with van der Waals surface area (Å²) in [6, 6.07) is 13.1. The van der Waals surface area contributed by atoms with Crippen molar-refractivity contribution < 1.29 is 0 Å². The minimum atomic E-state index is -0.0673. The van der Waals surface area contributed by atoms with Crippen LogP contribution in [0.4, 0.5) is 0 Å². The van der Waals surface area contributed by atoms with Crippen LogP contribution in [-0.2, 0) is 0 Å². The molecule has 3 rings (SSSR count). The van der Waals surface area contributed by atoms with Crippen molar-refractivity contribution in [3.63, 3.8) is 0 Å². The van der Waals surface area contributed by atoms with Gasteiger partial charge in [0, 0.05) is 11.4 Å². The second-order valence-corrected chi connectivity index (χ2v) is 6.10. The monoisotopic (exact) mass is 311 g/mol. The largest absolute Gasteiger partial charge is 0.268 e. The number of rotatable bonds is 4. The molecule has 5 heteroatoms. The van der Waals surface area contributed by atoms with Crippen molar-refractivity contribution >= 4 is 22.7 Å². The Kier molecular flexibility index (Phi) is 4.24. The zero-order chi connectivity index (χ0) is 15.5. The molecule has 0 aliphatic rings. The molecule has 0 saturated carbocycles. The molecule has 0 fully saturated rings. The van der Waals surface area contributed by atoms with Gasteiger partial charge < -0.3 is 0 Å². The molecule has 1 aromatic carbocycles. The molecular formula is C17H17N3OS. The fraction of sp³-hybridized carbons (Fsp3) is 0.235. The summed E-state index contributed by atoms with van der Waals surface area (Å²) in [5.74, 6) is 1.54. The number of pyridine rings is 1. The van der Waals surface area contributed by atoms with Gasteiger partial charge in [0.05, 0.1) is 10.9 Å². The average molecular weight is 311 g/mol. The lowest BCUT2D eigenvalue weighted by Crippen LogP contribution is -2.22. The number of hydrogen-bond donors (Lipinski definition) is 0. The molecule has 0 aliphatic heterocycles. The van der Waals surface area contributed by atoms with Crippen LogP contribution in [0.5, 0.6) is 0 Å². The molecule has 0 saturated heterocycles. The molecule has 0 bridgehead atoms. The van der Waals surface area contributed by atoms with Crippen LogP contribution in [-0.4, -0.2) is 20.3 Å².